The summed E-state index contributed by atoms with van der Waals surface area (Å²) >= 11 is 6.23. The molecule has 2 aliphatic rings. The minimum absolute atomic E-state index is 0.152. The van der Waals surface area contributed by atoms with Gasteiger partial charge in [0.2, 0.25) is 0 Å². The summed E-state index contributed by atoms with van der Waals surface area (Å²) in [6.07, 6.45) is -7.65. The van der Waals surface area contributed by atoms with Gasteiger partial charge in [-0.15, -0.1) is 0 Å². The van der Waals surface area contributed by atoms with Gasteiger partial charge in [0, 0.05) is 17.8 Å². The minimum atomic E-state index is -6.23. The normalized spacial score (nSPS) is 17.5. The summed E-state index contributed by atoms with van der Waals surface area (Å²) in [6, 6.07) is 5.33. The standard InChI is InChI=1S/C24H21ClF7N5O/c1-33-21(8-9-21)35-20(38)16-10-13(2-5-17(16)25)14-11-34-36(12-14)19-7-6-18(37(19)15-3-4-15)22(26,23(27,28)29)24(30,31)32/h2,5-7,10-12,15,33H,3-4,8-9H2,1H3,(H,35,38). The van der Waals surface area contributed by atoms with Crippen LogP contribution in [0.4, 0.5) is 30.7 Å². The van der Waals surface area contributed by atoms with Crippen molar-refractivity contribution >= 4 is 17.5 Å². The Labute approximate surface area is 216 Å². The van der Waals surface area contributed by atoms with Crippen molar-refractivity contribution in [3.63, 3.8) is 0 Å². The van der Waals surface area contributed by atoms with E-state index in [9.17, 15) is 35.5 Å². The van der Waals surface area contributed by atoms with E-state index >= 15 is 0 Å². The highest BCUT2D eigenvalue weighted by atomic mass is 35.5. The first-order chi connectivity index (χ1) is 17.7. The monoisotopic (exact) mass is 563 g/mol. The van der Waals surface area contributed by atoms with Crippen molar-refractivity contribution in [2.24, 2.45) is 0 Å². The van der Waals surface area contributed by atoms with Crippen molar-refractivity contribution in [1.29, 1.82) is 0 Å². The first kappa shape index (κ1) is 26.5. The molecule has 1 aromatic carbocycles. The second-order valence-electron chi connectivity index (χ2n) is 9.49. The van der Waals surface area contributed by atoms with Crippen LogP contribution in [0, 0.1) is 0 Å². The summed E-state index contributed by atoms with van der Waals surface area (Å²) in [6.45, 7) is 0. The molecular weight excluding hydrogens is 543 g/mol. The van der Waals surface area contributed by atoms with E-state index in [0.29, 0.717) is 34.6 Å². The number of hydrogen-bond acceptors (Lipinski definition) is 3. The molecule has 0 bridgehead atoms. The predicted molar refractivity (Wildman–Crippen MR) is 124 cm³/mol. The molecule has 0 aliphatic heterocycles. The van der Waals surface area contributed by atoms with E-state index in [-0.39, 0.29) is 16.4 Å². The molecule has 6 nitrogen and oxygen atoms in total. The minimum Gasteiger partial charge on any atom is -0.334 e. The van der Waals surface area contributed by atoms with Crippen LogP contribution in [-0.2, 0) is 5.67 Å². The first-order valence-electron chi connectivity index (χ1n) is 11.6. The molecule has 3 aromatic rings. The number of alkyl halides is 7. The number of nitrogens with zero attached hydrogens (tertiary/aromatic N) is 3. The van der Waals surface area contributed by atoms with Crippen molar-refractivity contribution in [2.45, 2.75) is 55.4 Å². The fourth-order valence-corrected chi connectivity index (χ4v) is 4.60. The van der Waals surface area contributed by atoms with Gasteiger partial charge in [-0.1, -0.05) is 17.7 Å². The Morgan fingerprint density at radius 2 is 1.68 bits per heavy atom. The van der Waals surface area contributed by atoms with Crippen LogP contribution in [0.2, 0.25) is 5.02 Å². The zero-order valence-corrected chi connectivity index (χ0v) is 20.5. The van der Waals surface area contributed by atoms with Crippen LogP contribution in [0.5, 0.6) is 0 Å². The van der Waals surface area contributed by atoms with Crippen LogP contribution in [0.1, 0.15) is 47.8 Å². The Hall–Kier alpha value is -3.06. The third kappa shape index (κ3) is 4.35. The van der Waals surface area contributed by atoms with Crippen LogP contribution in [0.25, 0.3) is 16.9 Å². The van der Waals surface area contributed by atoms with Gasteiger partial charge in [0.15, 0.2) is 0 Å². The summed E-state index contributed by atoms with van der Waals surface area (Å²) in [5.41, 5.74) is -6.52. The lowest BCUT2D eigenvalue weighted by Gasteiger charge is -2.31. The number of carbonyl (C=O) groups is 1. The molecule has 0 radical (unpaired) electrons. The Morgan fingerprint density at radius 3 is 2.24 bits per heavy atom. The molecule has 14 heteroatoms. The number of aromatic nitrogens is 3. The molecule has 2 aromatic heterocycles. The zero-order valence-electron chi connectivity index (χ0n) is 19.7. The Kier molecular flexibility index (Phi) is 6.10. The average molecular weight is 564 g/mol. The molecule has 0 spiro atoms. The van der Waals surface area contributed by atoms with Gasteiger partial charge < -0.3 is 9.88 Å². The molecule has 2 aliphatic carbocycles. The lowest BCUT2D eigenvalue weighted by molar-refractivity contribution is -0.350. The largest absolute Gasteiger partial charge is 0.437 e. The third-order valence-electron chi connectivity index (χ3n) is 6.89. The summed E-state index contributed by atoms with van der Waals surface area (Å²) in [5, 5.41) is 10.2. The maximum atomic E-state index is 14.9. The molecule has 2 N–H and O–H groups in total. The number of hydrogen-bond donors (Lipinski definition) is 2. The third-order valence-corrected chi connectivity index (χ3v) is 7.22. The smallest absolute Gasteiger partial charge is 0.334 e. The van der Waals surface area contributed by atoms with Gasteiger partial charge in [0.05, 0.1) is 28.1 Å². The van der Waals surface area contributed by atoms with Gasteiger partial charge in [-0.3, -0.25) is 10.1 Å². The molecule has 2 fully saturated rings. The van der Waals surface area contributed by atoms with E-state index in [1.54, 1.807) is 13.1 Å². The number of benzene rings is 1. The van der Waals surface area contributed by atoms with Crippen molar-refractivity contribution in [3.05, 3.63) is 59.0 Å². The first-order valence-corrected chi connectivity index (χ1v) is 12.0. The van der Waals surface area contributed by atoms with Crippen LogP contribution in [-0.4, -0.2) is 45.3 Å². The number of amides is 1. The molecule has 0 unspecified atom stereocenters. The van der Waals surface area contributed by atoms with E-state index in [2.05, 4.69) is 15.7 Å². The molecule has 204 valence electrons. The zero-order chi connectivity index (χ0) is 27.7. The second-order valence-corrected chi connectivity index (χ2v) is 9.89. The molecule has 0 atom stereocenters. The number of carbonyl (C=O) groups excluding carboxylic acids is 1. The number of rotatable bonds is 7. The molecule has 2 heterocycles. The van der Waals surface area contributed by atoms with Crippen molar-refractivity contribution in [1.82, 2.24) is 25.0 Å². The topological polar surface area (TPSA) is 63.9 Å². The molecular formula is C24H21ClF7N5O. The van der Waals surface area contributed by atoms with Crippen LogP contribution < -0.4 is 10.6 Å². The van der Waals surface area contributed by atoms with Crippen molar-refractivity contribution in [2.75, 3.05) is 7.05 Å². The van der Waals surface area contributed by atoms with Crippen LogP contribution >= 0.6 is 11.6 Å². The summed E-state index contributed by atoms with van der Waals surface area (Å²) in [5.74, 6) is -0.567. The highest BCUT2D eigenvalue weighted by Crippen LogP contribution is 2.55. The van der Waals surface area contributed by atoms with Crippen molar-refractivity contribution in [3.8, 4) is 16.9 Å². The van der Waals surface area contributed by atoms with Gasteiger partial charge in [-0.25, -0.2) is 9.07 Å². The Bertz CT molecular complexity index is 1370. The lowest BCUT2D eigenvalue weighted by Crippen LogP contribution is -2.51. The maximum Gasteiger partial charge on any atom is 0.437 e. The molecule has 2 saturated carbocycles. The van der Waals surface area contributed by atoms with Gasteiger partial charge in [0.1, 0.15) is 5.82 Å². The SMILES string of the molecule is CNC1(NC(=O)c2cc(-c3cnn(-c4ccc(C(F)(C(F)(F)F)C(F)(F)F)n4C4CC4)c3)ccc2Cl)CC1. The van der Waals surface area contributed by atoms with E-state index in [1.807, 2.05) is 0 Å². The highest BCUT2D eigenvalue weighted by molar-refractivity contribution is 6.34. The lowest BCUT2D eigenvalue weighted by atomic mass is 10.0. The molecule has 38 heavy (non-hydrogen) atoms. The van der Waals surface area contributed by atoms with Crippen LogP contribution in [0.3, 0.4) is 0 Å². The maximum absolute atomic E-state index is 14.9. The number of nitrogens with one attached hydrogen (secondary N) is 2. The quantitative estimate of drug-likeness (QED) is 0.271. The van der Waals surface area contributed by atoms with Crippen LogP contribution in [0.15, 0.2) is 42.7 Å². The second kappa shape index (κ2) is 8.73. The van der Waals surface area contributed by atoms with Gasteiger partial charge in [-0.2, -0.15) is 31.4 Å². The van der Waals surface area contributed by atoms with E-state index in [4.69, 9.17) is 11.6 Å². The van der Waals surface area contributed by atoms with E-state index in [1.165, 1.54) is 24.5 Å². The fraction of sp³-hybridized carbons (Fsp3) is 0.417. The van der Waals surface area contributed by atoms with Crippen molar-refractivity contribution < 1.29 is 35.5 Å². The summed E-state index contributed by atoms with van der Waals surface area (Å²) in [7, 11) is 1.72. The highest BCUT2D eigenvalue weighted by Gasteiger charge is 2.75. The fourth-order valence-electron chi connectivity index (χ4n) is 4.40. The van der Waals surface area contributed by atoms with Gasteiger partial charge in [-0.05, 0) is 62.6 Å². The van der Waals surface area contributed by atoms with Gasteiger partial charge in [0.25, 0.3) is 5.91 Å². The Morgan fingerprint density at radius 1 is 1.03 bits per heavy atom. The number of halogens is 8. The van der Waals surface area contributed by atoms with E-state index in [0.717, 1.165) is 23.6 Å². The molecule has 0 saturated heterocycles. The van der Waals surface area contributed by atoms with E-state index < -0.39 is 41.3 Å². The predicted octanol–water partition coefficient (Wildman–Crippen LogP) is 6.06. The molecule has 1 amide bonds. The Balaban J connectivity index is 1.51. The molecule has 5 rings (SSSR count). The van der Waals surface area contributed by atoms with Gasteiger partial charge >= 0.3 is 18.0 Å². The average Bonchev–Trinajstić information content (AvgIpc) is 3.73. The summed E-state index contributed by atoms with van der Waals surface area (Å²) in [4.78, 5) is 12.8. The summed E-state index contributed by atoms with van der Waals surface area (Å²) < 4.78 is 97.6.